The molecule has 0 saturated carbocycles. The highest BCUT2D eigenvalue weighted by Crippen LogP contribution is 2.19. The van der Waals surface area contributed by atoms with Gasteiger partial charge in [-0.1, -0.05) is 12.1 Å². The number of primary amides is 1. The van der Waals surface area contributed by atoms with Gasteiger partial charge in [0.15, 0.2) is 0 Å². The van der Waals surface area contributed by atoms with Crippen LogP contribution in [0.1, 0.15) is 31.4 Å². The lowest BCUT2D eigenvalue weighted by atomic mass is 10.1. The molecular formula is C13H18F2N2O2. The van der Waals surface area contributed by atoms with Crippen LogP contribution in [0.15, 0.2) is 24.3 Å². The zero-order valence-corrected chi connectivity index (χ0v) is 10.7. The van der Waals surface area contributed by atoms with Crippen molar-refractivity contribution in [3.05, 3.63) is 29.8 Å². The van der Waals surface area contributed by atoms with Gasteiger partial charge in [-0.25, -0.2) is 0 Å². The standard InChI is InChI=1S/C13H18F2N2O2/c1-9(17-8-2-3-12(16)18)10-4-6-11(7-5-10)19-13(14)15/h4-7,9,13,17H,2-3,8H2,1H3,(H2,16,18). The van der Waals surface area contributed by atoms with Gasteiger partial charge in [0.05, 0.1) is 0 Å². The van der Waals surface area contributed by atoms with Gasteiger partial charge in [-0.2, -0.15) is 8.78 Å². The van der Waals surface area contributed by atoms with Crippen molar-refractivity contribution in [2.75, 3.05) is 6.54 Å². The Kier molecular flexibility index (Phi) is 6.21. The molecule has 0 aliphatic carbocycles. The molecule has 1 rings (SSSR count). The Morgan fingerprint density at radius 2 is 2.00 bits per heavy atom. The highest BCUT2D eigenvalue weighted by atomic mass is 19.3. The van der Waals surface area contributed by atoms with Crippen molar-refractivity contribution < 1.29 is 18.3 Å². The second-order valence-electron chi connectivity index (χ2n) is 4.19. The third kappa shape index (κ3) is 6.15. The largest absolute Gasteiger partial charge is 0.435 e. The Morgan fingerprint density at radius 1 is 1.37 bits per heavy atom. The minimum atomic E-state index is -2.81. The SMILES string of the molecule is CC(NCCCC(N)=O)c1ccc(OC(F)F)cc1. The number of hydrogen-bond acceptors (Lipinski definition) is 3. The van der Waals surface area contributed by atoms with Gasteiger partial charge in [-0.3, -0.25) is 4.79 Å². The van der Waals surface area contributed by atoms with E-state index in [0.29, 0.717) is 19.4 Å². The minimum Gasteiger partial charge on any atom is -0.435 e. The summed E-state index contributed by atoms with van der Waals surface area (Å²) >= 11 is 0. The van der Waals surface area contributed by atoms with Gasteiger partial charge >= 0.3 is 6.61 Å². The number of alkyl halides is 2. The maximum absolute atomic E-state index is 12.0. The predicted octanol–water partition coefficient (Wildman–Crippen LogP) is 2.20. The monoisotopic (exact) mass is 272 g/mol. The van der Waals surface area contributed by atoms with E-state index in [-0.39, 0.29) is 17.7 Å². The molecule has 4 nitrogen and oxygen atoms in total. The number of nitrogens with two attached hydrogens (primary N) is 1. The fraction of sp³-hybridized carbons (Fsp3) is 0.462. The van der Waals surface area contributed by atoms with Crippen LogP contribution in [-0.4, -0.2) is 19.1 Å². The molecule has 3 N–H and O–H groups in total. The van der Waals surface area contributed by atoms with Crippen LogP contribution in [0.3, 0.4) is 0 Å². The smallest absolute Gasteiger partial charge is 0.387 e. The number of nitrogens with one attached hydrogen (secondary N) is 1. The highest BCUT2D eigenvalue weighted by molar-refractivity contribution is 5.73. The second-order valence-corrected chi connectivity index (χ2v) is 4.19. The first-order valence-corrected chi connectivity index (χ1v) is 6.05. The van der Waals surface area contributed by atoms with E-state index in [1.165, 1.54) is 12.1 Å². The van der Waals surface area contributed by atoms with Gasteiger partial charge in [-0.05, 0) is 37.6 Å². The summed E-state index contributed by atoms with van der Waals surface area (Å²) in [6.07, 6.45) is 1.02. The van der Waals surface area contributed by atoms with Crippen LogP contribution in [0.25, 0.3) is 0 Å². The zero-order valence-electron chi connectivity index (χ0n) is 10.7. The summed E-state index contributed by atoms with van der Waals surface area (Å²) in [7, 11) is 0. The summed E-state index contributed by atoms with van der Waals surface area (Å²) in [5.74, 6) is -0.178. The Labute approximate surface area is 110 Å². The van der Waals surface area contributed by atoms with Crippen LogP contribution in [0.4, 0.5) is 8.78 Å². The van der Waals surface area contributed by atoms with Crippen LogP contribution in [0.2, 0.25) is 0 Å². The summed E-state index contributed by atoms with van der Waals surface area (Å²) in [6, 6.07) is 6.52. The summed E-state index contributed by atoms with van der Waals surface area (Å²) in [5.41, 5.74) is 5.99. The molecule has 106 valence electrons. The molecule has 1 aromatic carbocycles. The maximum Gasteiger partial charge on any atom is 0.387 e. The predicted molar refractivity (Wildman–Crippen MR) is 67.9 cm³/mol. The van der Waals surface area contributed by atoms with E-state index in [2.05, 4.69) is 10.1 Å². The average Bonchev–Trinajstić information content (AvgIpc) is 2.34. The lowest BCUT2D eigenvalue weighted by molar-refractivity contribution is -0.118. The van der Waals surface area contributed by atoms with Gasteiger partial charge in [-0.15, -0.1) is 0 Å². The third-order valence-electron chi connectivity index (χ3n) is 2.66. The van der Waals surface area contributed by atoms with Gasteiger partial charge in [0.25, 0.3) is 0 Å². The van der Waals surface area contributed by atoms with Crippen molar-refractivity contribution in [1.82, 2.24) is 5.32 Å². The number of rotatable bonds is 8. The molecule has 0 fully saturated rings. The first-order chi connectivity index (χ1) is 8.99. The van der Waals surface area contributed by atoms with E-state index in [9.17, 15) is 13.6 Å². The molecule has 1 aromatic rings. The molecule has 0 aliphatic rings. The Morgan fingerprint density at radius 3 is 2.53 bits per heavy atom. The highest BCUT2D eigenvalue weighted by Gasteiger charge is 2.07. The van der Waals surface area contributed by atoms with Crippen molar-refractivity contribution in [2.24, 2.45) is 5.73 Å². The van der Waals surface area contributed by atoms with Crippen molar-refractivity contribution in [2.45, 2.75) is 32.4 Å². The van der Waals surface area contributed by atoms with Crippen LogP contribution < -0.4 is 15.8 Å². The fourth-order valence-corrected chi connectivity index (χ4v) is 1.64. The molecule has 0 heterocycles. The Bertz CT molecular complexity index is 396. The number of ether oxygens (including phenoxy) is 1. The van der Waals surface area contributed by atoms with E-state index in [1.54, 1.807) is 12.1 Å². The van der Waals surface area contributed by atoms with Crippen molar-refractivity contribution >= 4 is 5.91 Å². The molecule has 1 atom stereocenters. The number of amides is 1. The summed E-state index contributed by atoms with van der Waals surface area (Å²) in [4.78, 5) is 10.6. The first kappa shape index (κ1) is 15.4. The molecule has 0 aromatic heterocycles. The van der Waals surface area contributed by atoms with Crippen LogP contribution in [0.5, 0.6) is 5.75 Å². The minimum absolute atomic E-state index is 0.0634. The normalized spacial score (nSPS) is 12.4. The maximum atomic E-state index is 12.0. The van der Waals surface area contributed by atoms with E-state index in [4.69, 9.17) is 5.73 Å². The van der Waals surface area contributed by atoms with Crippen LogP contribution in [-0.2, 0) is 4.79 Å². The fourth-order valence-electron chi connectivity index (χ4n) is 1.64. The molecule has 1 amide bonds. The quantitative estimate of drug-likeness (QED) is 0.713. The summed E-state index contributed by atoms with van der Waals surface area (Å²) < 4.78 is 28.2. The molecule has 6 heteroatoms. The number of halogens is 2. The number of benzene rings is 1. The van der Waals surface area contributed by atoms with Crippen molar-refractivity contribution in [1.29, 1.82) is 0 Å². The van der Waals surface area contributed by atoms with Gasteiger partial charge < -0.3 is 15.8 Å². The Balaban J connectivity index is 2.39. The van der Waals surface area contributed by atoms with E-state index in [0.717, 1.165) is 5.56 Å². The molecule has 0 saturated heterocycles. The lowest BCUT2D eigenvalue weighted by Gasteiger charge is -2.14. The van der Waals surface area contributed by atoms with Crippen LogP contribution >= 0.6 is 0 Å². The van der Waals surface area contributed by atoms with E-state index < -0.39 is 6.61 Å². The summed E-state index contributed by atoms with van der Waals surface area (Å²) in [5, 5.41) is 3.22. The van der Waals surface area contributed by atoms with Crippen LogP contribution in [0, 0.1) is 0 Å². The molecule has 0 bridgehead atoms. The van der Waals surface area contributed by atoms with Crippen molar-refractivity contribution in [3.63, 3.8) is 0 Å². The molecule has 0 aliphatic heterocycles. The Hall–Kier alpha value is -1.69. The van der Waals surface area contributed by atoms with Gasteiger partial charge in [0.1, 0.15) is 5.75 Å². The van der Waals surface area contributed by atoms with E-state index in [1.807, 2.05) is 6.92 Å². The number of hydrogen-bond donors (Lipinski definition) is 2. The number of carbonyl (C=O) groups is 1. The zero-order chi connectivity index (χ0) is 14.3. The first-order valence-electron chi connectivity index (χ1n) is 6.05. The van der Waals surface area contributed by atoms with Gasteiger partial charge in [0, 0.05) is 12.5 Å². The van der Waals surface area contributed by atoms with Crippen molar-refractivity contribution in [3.8, 4) is 5.75 Å². The van der Waals surface area contributed by atoms with E-state index >= 15 is 0 Å². The topological polar surface area (TPSA) is 64.3 Å². The molecule has 0 spiro atoms. The summed E-state index contributed by atoms with van der Waals surface area (Å²) in [6.45, 7) is -0.192. The molecular weight excluding hydrogens is 254 g/mol. The average molecular weight is 272 g/mol. The molecule has 0 radical (unpaired) electrons. The number of carbonyl (C=O) groups excluding carboxylic acids is 1. The lowest BCUT2D eigenvalue weighted by Crippen LogP contribution is -2.21. The second kappa shape index (κ2) is 7.68. The van der Waals surface area contributed by atoms with Gasteiger partial charge in [0.2, 0.25) is 5.91 Å². The molecule has 1 unspecified atom stereocenters. The third-order valence-corrected chi connectivity index (χ3v) is 2.66. The molecule has 19 heavy (non-hydrogen) atoms.